The Morgan fingerprint density at radius 1 is 1.22 bits per heavy atom. The van der Waals surface area contributed by atoms with E-state index in [0.717, 1.165) is 41.8 Å². The molecule has 0 N–H and O–H groups in total. The summed E-state index contributed by atoms with van der Waals surface area (Å²) in [7, 11) is 0. The second-order valence-electron chi connectivity index (χ2n) is 6.62. The number of hydrogen-bond acceptors (Lipinski definition) is 4. The molecule has 0 unspecified atom stereocenters. The van der Waals surface area contributed by atoms with Crippen LogP contribution in [0.5, 0.6) is 0 Å². The lowest BCUT2D eigenvalue weighted by Crippen LogP contribution is -2.25. The van der Waals surface area contributed by atoms with E-state index in [1.165, 1.54) is 0 Å². The van der Waals surface area contributed by atoms with Gasteiger partial charge in [0.25, 0.3) is 0 Å². The molecule has 0 saturated carbocycles. The van der Waals surface area contributed by atoms with Crippen molar-refractivity contribution in [3.63, 3.8) is 0 Å². The molecule has 0 fully saturated rings. The van der Waals surface area contributed by atoms with E-state index < -0.39 is 5.97 Å². The van der Waals surface area contributed by atoms with Crippen LogP contribution in [0.4, 0.5) is 0 Å². The summed E-state index contributed by atoms with van der Waals surface area (Å²) in [6.45, 7) is 2.60. The Kier molecular flexibility index (Phi) is 4.62. The van der Waals surface area contributed by atoms with Gasteiger partial charge < -0.3 is 9.30 Å². The molecule has 3 aromatic rings. The third-order valence-electron chi connectivity index (χ3n) is 4.89. The van der Waals surface area contributed by atoms with Crippen molar-refractivity contribution in [2.24, 2.45) is 0 Å². The van der Waals surface area contributed by atoms with E-state index in [0.29, 0.717) is 6.54 Å². The van der Waals surface area contributed by atoms with E-state index >= 15 is 0 Å². The predicted molar refractivity (Wildman–Crippen MR) is 101 cm³/mol. The molecule has 6 heteroatoms. The van der Waals surface area contributed by atoms with Crippen molar-refractivity contribution in [2.75, 3.05) is 6.61 Å². The zero-order valence-corrected chi connectivity index (χ0v) is 15.2. The van der Waals surface area contributed by atoms with Crippen LogP contribution < -0.4 is 5.43 Å². The second kappa shape index (κ2) is 7.23. The maximum absolute atomic E-state index is 12.6. The van der Waals surface area contributed by atoms with Gasteiger partial charge in [-0.15, -0.1) is 0 Å². The van der Waals surface area contributed by atoms with Crippen LogP contribution in [0.25, 0.3) is 5.69 Å². The molecule has 4 rings (SSSR count). The average molecular weight is 363 g/mol. The number of carbonyl (C=O) groups excluding carboxylic acids is 1. The van der Waals surface area contributed by atoms with Crippen molar-refractivity contribution in [3.8, 4) is 5.69 Å². The molecule has 0 spiro atoms. The summed E-state index contributed by atoms with van der Waals surface area (Å²) in [5.74, 6) is -0.542. The van der Waals surface area contributed by atoms with Crippen LogP contribution >= 0.6 is 0 Å². The Bertz CT molecular complexity index is 1020. The smallest absolute Gasteiger partial charge is 0.343 e. The molecule has 6 nitrogen and oxygen atoms in total. The number of rotatable bonds is 5. The number of benzene rings is 1. The average Bonchev–Trinajstić information content (AvgIpc) is 3.37. The van der Waals surface area contributed by atoms with Crippen molar-refractivity contribution in [1.82, 2.24) is 14.3 Å². The van der Waals surface area contributed by atoms with Crippen molar-refractivity contribution < 1.29 is 9.53 Å². The number of carbonyl (C=O) groups is 1. The Labute approximate surface area is 157 Å². The molecule has 0 amide bonds. The standard InChI is InChI=1S/C21H21N3O3/c1-2-27-21(26)18-14-23(19-6-3-5-17(19)20(18)25)13-15-7-9-16(10-8-15)24-12-4-11-22-24/h4,7-12,14H,2-3,5-6,13H2,1H3. The van der Waals surface area contributed by atoms with E-state index in [-0.39, 0.29) is 17.6 Å². The first-order valence-corrected chi connectivity index (χ1v) is 9.18. The molecule has 1 aromatic carbocycles. The van der Waals surface area contributed by atoms with E-state index in [1.54, 1.807) is 24.0 Å². The van der Waals surface area contributed by atoms with Gasteiger partial charge in [0.05, 0.1) is 12.3 Å². The number of hydrogen-bond donors (Lipinski definition) is 0. The summed E-state index contributed by atoms with van der Waals surface area (Å²) in [6, 6.07) is 9.99. The summed E-state index contributed by atoms with van der Waals surface area (Å²) in [4.78, 5) is 24.8. The van der Waals surface area contributed by atoms with Crippen LogP contribution in [0.15, 0.2) is 53.7 Å². The van der Waals surface area contributed by atoms with Crippen LogP contribution in [0.2, 0.25) is 0 Å². The SMILES string of the molecule is CCOC(=O)c1cn(Cc2ccc(-n3cccn3)cc2)c2c(c1=O)CCC2. The molecule has 27 heavy (non-hydrogen) atoms. The molecule has 138 valence electrons. The highest BCUT2D eigenvalue weighted by atomic mass is 16.5. The fourth-order valence-electron chi connectivity index (χ4n) is 3.61. The molecule has 0 radical (unpaired) electrons. The number of nitrogens with zero attached hydrogens (tertiary/aromatic N) is 3. The van der Waals surface area contributed by atoms with Gasteiger partial charge in [-0.05, 0) is 49.9 Å². The van der Waals surface area contributed by atoms with Crippen LogP contribution in [0.3, 0.4) is 0 Å². The topological polar surface area (TPSA) is 66.1 Å². The zero-order valence-electron chi connectivity index (χ0n) is 15.2. The van der Waals surface area contributed by atoms with Crippen LogP contribution in [-0.4, -0.2) is 26.9 Å². The molecule has 2 aromatic heterocycles. The summed E-state index contributed by atoms with van der Waals surface area (Å²) >= 11 is 0. The zero-order chi connectivity index (χ0) is 18.8. The summed E-state index contributed by atoms with van der Waals surface area (Å²) in [6.07, 6.45) is 7.82. The molecular formula is C21H21N3O3. The van der Waals surface area contributed by atoms with E-state index in [1.807, 2.05) is 41.1 Å². The maximum Gasteiger partial charge on any atom is 0.343 e. The van der Waals surface area contributed by atoms with Crippen molar-refractivity contribution in [2.45, 2.75) is 32.7 Å². The fraction of sp³-hybridized carbons (Fsp3) is 0.286. The van der Waals surface area contributed by atoms with Crippen LogP contribution in [0, 0.1) is 0 Å². The van der Waals surface area contributed by atoms with Gasteiger partial charge in [-0.3, -0.25) is 4.79 Å². The second-order valence-corrected chi connectivity index (χ2v) is 6.62. The van der Waals surface area contributed by atoms with Crippen LogP contribution in [0.1, 0.15) is 40.5 Å². The summed E-state index contributed by atoms with van der Waals surface area (Å²) < 4.78 is 8.90. The van der Waals surface area contributed by atoms with Crippen molar-refractivity contribution in [1.29, 1.82) is 0 Å². The fourth-order valence-corrected chi connectivity index (χ4v) is 3.61. The van der Waals surface area contributed by atoms with Gasteiger partial charge in [0.15, 0.2) is 5.43 Å². The van der Waals surface area contributed by atoms with Crippen molar-refractivity contribution >= 4 is 5.97 Å². The first-order chi connectivity index (χ1) is 13.2. The van der Waals surface area contributed by atoms with Gasteiger partial charge in [0.2, 0.25) is 0 Å². The number of aromatic nitrogens is 3. The van der Waals surface area contributed by atoms with Gasteiger partial charge in [0.1, 0.15) is 5.56 Å². The molecule has 0 saturated heterocycles. The number of pyridine rings is 1. The third-order valence-corrected chi connectivity index (χ3v) is 4.89. The molecule has 1 aliphatic rings. The monoisotopic (exact) mass is 363 g/mol. The highest BCUT2D eigenvalue weighted by molar-refractivity contribution is 5.89. The number of ether oxygens (including phenoxy) is 1. The Hall–Kier alpha value is -3.15. The molecule has 0 atom stereocenters. The summed E-state index contributed by atoms with van der Waals surface area (Å²) in [5, 5.41) is 4.23. The Morgan fingerprint density at radius 2 is 2.04 bits per heavy atom. The van der Waals surface area contributed by atoms with Crippen molar-refractivity contribution in [3.05, 3.63) is 81.5 Å². The normalized spacial score (nSPS) is 12.8. The van der Waals surface area contributed by atoms with E-state index in [2.05, 4.69) is 5.10 Å². The first kappa shape index (κ1) is 17.3. The van der Waals surface area contributed by atoms with Gasteiger partial charge in [-0.2, -0.15) is 5.10 Å². The molecule has 1 aliphatic carbocycles. The lowest BCUT2D eigenvalue weighted by molar-refractivity contribution is 0.0523. The minimum atomic E-state index is -0.542. The minimum Gasteiger partial charge on any atom is -0.462 e. The minimum absolute atomic E-state index is 0.130. The number of fused-ring (bicyclic) bond motifs is 1. The number of esters is 1. The first-order valence-electron chi connectivity index (χ1n) is 9.18. The van der Waals surface area contributed by atoms with Gasteiger partial charge in [-0.1, -0.05) is 12.1 Å². The predicted octanol–water partition coefficient (Wildman–Crippen LogP) is 2.75. The summed E-state index contributed by atoms with van der Waals surface area (Å²) in [5.41, 5.74) is 3.83. The quantitative estimate of drug-likeness (QED) is 0.654. The lowest BCUT2D eigenvalue weighted by Gasteiger charge is -2.15. The highest BCUT2D eigenvalue weighted by Gasteiger charge is 2.23. The van der Waals surface area contributed by atoms with E-state index in [4.69, 9.17) is 4.74 Å². The Balaban J connectivity index is 1.67. The van der Waals surface area contributed by atoms with E-state index in [9.17, 15) is 9.59 Å². The van der Waals surface area contributed by atoms with Crippen LogP contribution in [-0.2, 0) is 24.1 Å². The largest absolute Gasteiger partial charge is 0.462 e. The maximum atomic E-state index is 12.6. The lowest BCUT2D eigenvalue weighted by atomic mass is 10.1. The highest BCUT2D eigenvalue weighted by Crippen LogP contribution is 2.21. The van der Waals surface area contributed by atoms with Gasteiger partial charge >= 0.3 is 5.97 Å². The molecule has 0 aliphatic heterocycles. The van der Waals surface area contributed by atoms with Gasteiger partial charge in [-0.25, -0.2) is 9.48 Å². The molecular weight excluding hydrogens is 342 g/mol. The van der Waals surface area contributed by atoms with Gasteiger partial charge in [0, 0.05) is 36.4 Å². The molecule has 2 heterocycles. The molecule has 0 bridgehead atoms. The Morgan fingerprint density at radius 3 is 2.74 bits per heavy atom. The third kappa shape index (κ3) is 3.30.